The lowest BCUT2D eigenvalue weighted by Crippen LogP contribution is -2.19. The fourth-order valence-corrected chi connectivity index (χ4v) is 0.836. The molecule has 3 nitrogen and oxygen atoms in total. The summed E-state index contributed by atoms with van der Waals surface area (Å²) in [7, 11) is 3.75. The Hall–Kier alpha value is -0.990. The molecule has 0 rings (SSSR count). The van der Waals surface area contributed by atoms with E-state index in [0.717, 1.165) is 0 Å². The number of ether oxygens (including phenoxy) is 1. The van der Waals surface area contributed by atoms with E-state index in [4.69, 9.17) is 4.74 Å². The molecule has 0 aromatic carbocycles. The molecule has 0 radical (unpaired) electrons. The molecule has 0 N–H and O–H groups in total. The molecule has 0 fully saturated rings. The van der Waals surface area contributed by atoms with Crippen molar-refractivity contribution in [3.8, 4) is 0 Å². The van der Waals surface area contributed by atoms with E-state index < -0.39 is 0 Å². The number of nitrogens with zero attached hydrogens (tertiary/aromatic N) is 1. The zero-order chi connectivity index (χ0) is 11.4. The third kappa shape index (κ3) is 6.52. The van der Waals surface area contributed by atoms with Crippen molar-refractivity contribution in [2.75, 3.05) is 20.7 Å². The first-order valence-electron chi connectivity index (χ1n) is 4.74. The SMILES string of the molecule is C/C(=C/N(C)C)C(=O)OCC(C)(C)C. The fourth-order valence-electron chi connectivity index (χ4n) is 0.836. The van der Waals surface area contributed by atoms with Crippen LogP contribution in [-0.2, 0) is 9.53 Å². The van der Waals surface area contributed by atoms with Crippen molar-refractivity contribution >= 4 is 5.97 Å². The molecule has 0 saturated carbocycles. The summed E-state index contributed by atoms with van der Waals surface area (Å²) in [6.45, 7) is 8.30. The molecule has 0 atom stereocenters. The van der Waals surface area contributed by atoms with Gasteiger partial charge in [0, 0.05) is 25.9 Å². The average Bonchev–Trinajstić information content (AvgIpc) is 1.97. The normalized spacial score (nSPS) is 12.6. The largest absolute Gasteiger partial charge is 0.462 e. The summed E-state index contributed by atoms with van der Waals surface area (Å²) in [6, 6.07) is 0. The second kappa shape index (κ2) is 5.03. The van der Waals surface area contributed by atoms with Crippen molar-refractivity contribution in [3.63, 3.8) is 0 Å². The zero-order valence-corrected chi connectivity index (χ0v) is 10.0. The van der Waals surface area contributed by atoms with Crippen LogP contribution in [0.25, 0.3) is 0 Å². The number of rotatable bonds is 3. The van der Waals surface area contributed by atoms with Crippen LogP contribution in [0.1, 0.15) is 27.7 Å². The standard InChI is InChI=1S/C11H21NO2/c1-9(7-12(5)6)10(13)14-8-11(2,3)4/h7H,8H2,1-6H3/b9-7-. The average molecular weight is 199 g/mol. The fraction of sp³-hybridized carbons (Fsp3) is 0.727. The van der Waals surface area contributed by atoms with Crippen molar-refractivity contribution in [1.29, 1.82) is 0 Å². The maximum atomic E-state index is 11.4. The van der Waals surface area contributed by atoms with Gasteiger partial charge < -0.3 is 9.64 Å². The van der Waals surface area contributed by atoms with Crippen LogP contribution in [0.2, 0.25) is 0 Å². The molecule has 0 aliphatic carbocycles. The van der Waals surface area contributed by atoms with Gasteiger partial charge in [-0.2, -0.15) is 0 Å². The van der Waals surface area contributed by atoms with Crippen LogP contribution in [-0.4, -0.2) is 31.6 Å². The van der Waals surface area contributed by atoms with E-state index in [0.29, 0.717) is 12.2 Å². The molecule has 0 bridgehead atoms. The summed E-state index contributed by atoms with van der Waals surface area (Å²) in [6.07, 6.45) is 1.75. The Morgan fingerprint density at radius 1 is 1.36 bits per heavy atom. The maximum Gasteiger partial charge on any atom is 0.335 e. The second-order valence-corrected chi connectivity index (χ2v) is 4.91. The highest BCUT2D eigenvalue weighted by Crippen LogP contribution is 2.13. The van der Waals surface area contributed by atoms with Crippen molar-refractivity contribution in [2.45, 2.75) is 27.7 Å². The van der Waals surface area contributed by atoms with Gasteiger partial charge in [0.05, 0.1) is 6.61 Å². The predicted molar refractivity (Wildman–Crippen MR) is 57.9 cm³/mol. The first-order chi connectivity index (χ1) is 6.22. The van der Waals surface area contributed by atoms with Crippen LogP contribution in [0, 0.1) is 5.41 Å². The number of carbonyl (C=O) groups is 1. The van der Waals surface area contributed by atoms with E-state index in [1.165, 1.54) is 0 Å². The summed E-state index contributed by atoms with van der Waals surface area (Å²) in [5.74, 6) is -0.242. The van der Waals surface area contributed by atoms with Crippen LogP contribution in [0.5, 0.6) is 0 Å². The van der Waals surface area contributed by atoms with E-state index in [2.05, 4.69) is 0 Å². The van der Waals surface area contributed by atoms with Gasteiger partial charge >= 0.3 is 5.97 Å². The second-order valence-electron chi connectivity index (χ2n) is 4.91. The van der Waals surface area contributed by atoms with Gasteiger partial charge in [-0.25, -0.2) is 4.79 Å². The van der Waals surface area contributed by atoms with Gasteiger partial charge in [0.15, 0.2) is 0 Å². The van der Waals surface area contributed by atoms with Gasteiger partial charge in [0.25, 0.3) is 0 Å². The molecule has 3 heteroatoms. The Morgan fingerprint density at radius 3 is 2.21 bits per heavy atom. The topological polar surface area (TPSA) is 29.5 Å². The van der Waals surface area contributed by atoms with E-state index in [-0.39, 0.29) is 11.4 Å². The lowest BCUT2D eigenvalue weighted by atomic mass is 9.99. The highest BCUT2D eigenvalue weighted by molar-refractivity contribution is 5.87. The molecule has 0 heterocycles. The molecule has 0 amide bonds. The van der Waals surface area contributed by atoms with Crippen molar-refractivity contribution < 1.29 is 9.53 Å². The smallest absolute Gasteiger partial charge is 0.335 e. The van der Waals surface area contributed by atoms with Gasteiger partial charge in [-0.3, -0.25) is 0 Å². The van der Waals surface area contributed by atoms with Gasteiger partial charge in [0.1, 0.15) is 0 Å². The molecule has 0 aromatic rings. The highest BCUT2D eigenvalue weighted by atomic mass is 16.5. The molecular weight excluding hydrogens is 178 g/mol. The Labute approximate surface area is 86.7 Å². The molecule has 0 aromatic heterocycles. The number of hydrogen-bond donors (Lipinski definition) is 0. The Morgan fingerprint density at radius 2 is 1.86 bits per heavy atom. The van der Waals surface area contributed by atoms with Gasteiger partial charge in [0.2, 0.25) is 0 Å². The number of carbonyl (C=O) groups excluding carboxylic acids is 1. The zero-order valence-electron chi connectivity index (χ0n) is 10.0. The molecule has 82 valence electrons. The molecule has 14 heavy (non-hydrogen) atoms. The molecule has 0 spiro atoms. The van der Waals surface area contributed by atoms with Crippen LogP contribution < -0.4 is 0 Å². The monoisotopic (exact) mass is 199 g/mol. The quantitative estimate of drug-likeness (QED) is 0.514. The summed E-state index contributed by atoms with van der Waals surface area (Å²) in [4.78, 5) is 13.2. The lowest BCUT2D eigenvalue weighted by molar-refractivity contribution is -0.141. The van der Waals surface area contributed by atoms with Crippen molar-refractivity contribution in [1.82, 2.24) is 4.90 Å². The summed E-state index contributed by atoms with van der Waals surface area (Å²) in [5.41, 5.74) is 0.646. The maximum absolute atomic E-state index is 11.4. The minimum atomic E-state index is -0.242. The van der Waals surface area contributed by atoms with Crippen molar-refractivity contribution in [2.24, 2.45) is 5.41 Å². The molecule has 0 aliphatic heterocycles. The molecule has 0 saturated heterocycles. The molecular formula is C11H21NO2. The highest BCUT2D eigenvalue weighted by Gasteiger charge is 2.14. The van der Waals surface area contributed by atoms with E-state index in [9.17, 15) is 4.79 Å². The summed E-state index contributed by atoms with van der Waals surface area (Å²) < 4.78 is 5.14. The van der Waals surface area contributed by atoms with E-state index in [1.807, 2.05) is 39.8 Å². The Kier molecular flexibility index (Phi) is 4.68. The Bertz CT molecular complexity index is 224. The number of esters is 1. The van der Waals surface area contributed by atoms with Crippen LogP contribution >= 0.6 is 0 Å². The first-order valence-corrected chi connectivity index (χ1v) is 4.74. The minimum Gasteiger partial charge on any atom is -0.462 e. The minimum absolute atomic E-state index is 0.0219. The van der Waals surface area contributed by atoms with Gasteiger partial charge in [-0.15, -0.1) is 0 Å². The first kappa shape index (κ1) is 13.0. The van der Waals surface area contributed by atoms with Gasteiger partial charge in [-0.05, 0) is 12.3 Å². The van der Waals surface area contributed by atoms with Crippen LogP contribution in [0.4, 0.5) is 0 Å². The van der Waals surface area contributed by atoms with Crippen LogP contribution in [0.15, 0.2) is 11.8 Å². The summed E-state index contributed by atoms with van der Waals surface area (Å²) in [5, 5.41) is 0. The van der Waals surface area contributed by atoms with E-state index in [1.54, 1.807) is 13.1 Å². The number of hydrogen-bond acceptors (Lipinski definition) is 3. The van der Waals surface area contributed by atoms with Crippen LogP contribution in [0.3, 0.4) is 0 Å². The lowest BCUT2D eigenvalue weighted by Gasteiger charge is -2.18. The Balaban J connectivity index is 4.10. The third-order valence-electron chi connectivity index (χ3n) is 1.41. The van der Waals surface area contributed by atoms with Gasteiger partial charge in [-0.1, -0.05) is 20.8 Å². The summed E-state index contributed by atoms with van der Waals surface area (Å²) >= 11 is 0. The predicted octanol–water partition coefficient (Wildman–Crippen LogP) is 2.04. The molecule has 0 unspecified atom stereocenters. The van der Waals surface area contributed by atoms with E-state index >= 15 is 0 Å². The molecule has 0 aliphatic rings. The third-order valence-corrected chi connectivity index (χ3v) is 1.41. The van der Waals surface area contributed by atoms with Crippen molar-refractivity contribution in [3.05, 3.63) is 11.8 Å².